The van der Waals surface area contributed by atoms with E-state index in [1.165, 1.54) is 6.07 Å². The number of amides is 1. The second kappa shape index (κ2) is 5.28. The van der Waals surface area contributed by atoms with E-state index in [4.69, 9.17) is 5.26 Å². The summed E-state index contributed by atoms with van der Waals surface area (Å²) >= 11 is 0. The lowest BCUT2D eigenvalue weighted by Crippen LogP contribution is -2.17. The molecule has 2 rings (SSSR count). The van der Waals surface area contributed by atoms with E-state index in [1.807, 2.05) is 0 Å². The van der Waals surface area contributed by atoms with Crippen LogP contribution in [0.3, 0.4) is 0 Å². The van der Waals surface area contributed by atoms with E-state index in [-0.39, 0.29) is 11.7 Å². The molecule has 1 saturated carbocycles. The summed E-state index contributed by atoms with van der Waals surface area (Å²) in [5.41, 5.74) is 0.859. The molecule has 0 unspecified atom stereocenters. The van der Waals surface area contributed by atoms with Gasteiger partial charge in [0.05, 0.1) is 17.0 Å². The van der Waals surface area contributed by atoms with Crippen molar-refractivity contribution in [3.05, 3.63) is 24.3 Å². The van der Waals surface area contributed by atoms with Crippen molar-refractivity contribution in [3.8, 4) is 6.07 Å². The van der Waals surface area contributed by atoms with Gasteiger partial charge in [0, 0.05) is 5.69 Å². The van der Waals surface area contributed by atoms with Crippen LogP contribution in [0, 0.1) is 11.3 Å². The standard InChI is InChI=1S/C12H13N3O3S/c13-7-6-12(16)14-9-2-1-3-10(8-9)15-19(17,18)11-4-5-11/h1-3,8,11,15H,4-6H2,(H,14,16). The first kappa shape index (κ1) is 13.4. The van der Waals surface area contributed by atoms with Gasteiger partial charge in [0.25, 0.3) is 0 Å². The van der Waals surface area contributed by atoms with Crippen molar-refractivity contribution in [1.29, 1.82) is 5.26 Å². The van der Waals surface area contributed by atoms with Crippen LogP contribution in [0.25, 0.3) is 0 Å². The Morgan fingerprint density at radius 1 is 1.37 bits per heavy atom. The Labute approximate surface area is 111 Å². The summed E-state index contributed by atoms with van der Waals surface area (Å²) in [7, 11) is -3.31. The molecule has 1 amide bonds. The monoisotopic (exact) mass is 279 g/mol. The minimum absolute atomic E-state index is 0.238. The molecule has 0 spiro atoms. The molecule has 0 saturated heterocycles. The van der Waals surface area contributed by atoms with E-state index in [1.54, 1.807) is 24.3 Å². The highest BCUT2D eigenvalue weighted by Gasteiger charge is 2.35. The second-order valence-electron chi connectivity index (χ2n) is 4.31. The molecule has 7 heteroatoms. The number of hydrogen-bond acceptors (Lipinski definition) is 4. The lowest BCUT2D eigenvalue weighted by molar-refractivity contribution is -0.115. The zero-order valence-corrected chi connectivity index (χ0v) is 10.9. The Balaban J connectivity index is 2.07. The van der Waals surface area contributed by atoms with E-state index in [9.17, 15) is 13.2 Å². The average Bonchev–Trinajstić information content (AvgIpc) is 3.12. The fourth-order valence-corrected chi connectivity index (χ4v) is 2.94. The highest BCUT2D eigenvalue weighted by Crippen LogP contribution is 2.30. The maximum Gasteiger partial charge on any atom is 0.238 e. The molecule has 1 aromatic rings. The Kier molecular flexibility index (Phi) is 3.71. The smallest absolute Gasteiger partial charge is 0.238 e. The fraction of sp³-hybridized carbons (Fsp3) is 0.333. The summed E-state index contributed by atoms with van der Waals surface area (Å²) in [6, 6.07) is 8.14. The first-order valence-corrected chi connectivity index (χ1v) is 7.34. The minimum atomic E-state index is -3.31. The third kappa shape index (κ3) is 3.69. The van der Waals surface area contributed by atoms with Gasteiger partial charge in [-0.3, -0.25) is 9.52 Å². The molecule has 0 atom stereocenters. The highest BCUT2D eigenvalue weighted by atomic mass is 32.2. The van der Waals surface area contributed by atoms with Gasteiger partial charge in [0.2, 0.25) is 15.9 Å². The van der Waals surface area contributed by atoms with Gasteiger partial charge < -0.3 is 5.32 Å². The molecule has 0 radical (unpaired) electrons. The van der Waals surface area contributed by atoms with Crippen molar-refractivity contribution in [2.24, 2.45) is 0 Å². The van der Waals surface area contributed by atoms with Crippen molar-refractivity contribution < 1.29 is 13.2 Å². The maximum absolute atomic E-state index is 11.8. The van der Waals surface area contributed by atoms with Crippen LogP contribution in [0.1, 0.15) is 19.3 Å². The zero-order valence-electron chi connectivity index (χ0n) is 10.1. The molecule has 0 heterocycles. The number of carbonyl (C=O) groups excluding carboxylic acids is 1. The molecule has 1 aliphatic rings. The predicted molar refractivity (Wildman–Crippen MR) is 70.9 cm³/mol. The van der Waals surface area contributed by atoms with Crippen LogP contribution in [0.4, 0.5) is 11.4 Å². The lowest BCUT2D eigenvalue weighted by Gasteiger charge is -2.09. The molecule has 0 bridgehead atoms. The molecular formula is C12H13N3O3S. The van der Waals surface area contributed by atoms with Crippen LogP contribution in [-0.4, -0.2) is 19.6 Å². The molecule has 6 nitrogen and oxygen atoms in total. The largest absolute Gasteiger partial charge is 0.325 e. The van der Waals surface area contributed by atoms with Gasteiger partial charge >= 0.3 is 0 Å². The number of benzene rings is 1. The van der Waals surface area contributed by atoms with Crippen molar-refractivity contribution in [1.82, 2.24) is 0 Å². The number of nitrogens with zero attached hydrogens (tertiary/aromatic N) is 1. The Hall–Kier alpha value is -2.07. The van der Waals surface area contributed by atoms with Crippen molar-refractivity contribution >= 4 is 27.3 Å². The van der Waals surface area contributed by atoms with Crippen LogP contribution in [-0.2, 0) is 14.8 Å². The summed E-state index contributed by atoms with van der Waals surface area (Å²) in [5, 5.41) is 10.6. The van der Waals surface area contributed by atoms with Gasteiger partial charge in [-0.1, -0.05) is 6.07 Å². The predicted octanol–water partition coefficient (Wildman–Crippen LogP) is 1.44. The number of anilines is 2. The molecular weight excluding hydrogens is 266 g/mol. The van der Waals surface area contributed by atoms with Gasteiger partial charge in [-0.25, -0.2) is 8.42 Å². The molecule has 0 aromatic heterocycles. The Bertz CT molecular complexity index is 630. The quantitative estimate of drug-likeness (QED) is 0.851. The maximum atomic E-state index is 11.8. The average molecular weight is 279 g/mol. The van der Waals surface area contributed by atoms with Gasteiger partial charge in [-0.15, -0.1) is 0 Å². The summed E-state index contributed by atoms with van der Waals surface area (Å²) in [4.78, 5) is 11.3. The van der Waals surface area contributed by atoms with E-state index < -0.39 is 15.9 Å². The lowest BCUT2D eigenvalue weighted by atomic mass is 10.3. The Morgan fingerprint density at radius 2 is 2.05 bits per heavy atom. The van der Waals surface area contributed by atoms with Crippen LogP contribution >= 0.6 is 0 Å². The molecule has 2 N–H and O–H groups in total. The van der Waals surface area contributed by atoms with E-state index in [0.717, 1.165) is 0 Å². The number of carbonyl (C=O) groups is 1. The van der Waals surface area contributed by atoms with E-state index >= 15 is 0 Å². The SMILES string of the molecule is N#CCC(=O)Nc1cccc(NS(=O)(=O)C2CC2)c1. The third-order valence-electron chi connectivity index (χ3n) is 2.61. The Morgan fingerprint density at radius 3 is 2.68 bits per heavy atom. The number of sulfonamides is 1. The molecule has 100 valence electrons. The molecule has 19 heavy (non-hydrogen) atoms. The van der Waals surface area contributed by atoms with Gasteiger partial charge in [-0.2, -0.15) is 5.26 Å². The first-order valence-electron chi connectivity index (χ1n) is 5.80. The number of hydrogen-bond donors (Lipinski definition) is 2. The van der Waals surface area contributed by atoms with Crippen LogP contribution in [0.15, 0.2) is 24.3 Å². The van der Waals surface area contributed by atoms with Crippen LogP contribution in [0.2, 0.25) is 0 Å². The van der Waals surface area contributed by atoms with Gasteiger partial charge in [-0.05, 0) is 31.0 Å². The second-order valence-corrected chi connectivity index (χ2v) is 6.27. The molecule has 1 aromatic carbocycles. The fourth-order valence-electron chi connectivity index (χ4n) is 1.56. The third-order valence-corrected chi connectivity index (χ3v) is 4.48. The van der Waals surface area contributed by atoms with E-state index in [0.29, 0.717) is 24.2 Å². The van der Waals surface area contributed by atoms with Crippen molar-refractivity contribution in [2.75, 3.05) is 10.0 Å². The number of nitrogens with one attached hydrogen (secondary N) is 2. The number of rotatable bonds is 5. The van der Waals surface area contributed by atoms with Crippen LogP contribution < -0.4 is 10.0 Å². The topological polar surface area (TPSA) is 99.1 Å². The van der Waals surface area contributed by atoms with Crippen LogP contribution in [0.5, 0.6) is 0 Å². The van der Waals surface area contributed by atoms with Crippen molar-refractivity contribution in [2.45, 2.75) is 24.5 Å². The normalized spacial score (nSPS) is 14.5. The van der Waals surface area contributed by atoms with Crippen molar-refractivity contribution in [3.63, 3.8) is 0 Å². The molecule has 1 fully saturated rings. The minimum Gasteiger partial charge on any atom is -0.325 e. The highest BCUT2D eigenvalue weighted by molar-refractivity contribution is 7.93. The molecule has 0 aliphatic heterocycles. The molecule has 1 aliphatic carbocycles. The summed E-state index contributed by atoms with van der Waals surface area (Å²) in [6.45, 7) is 0. The number of nitriles is 1. The van der Waals surface area contributed by atoms with E-state index in [2.05, 4.69) is 10.0 Å². The summed E-state index contributed by atoms with van der Waals surface area (Å²) in [6.07, 6.45) is 1.14. The summed E-state index contributed by atoms with van der Waals surface area (Å²) < 4.78 is 26.0. The first-order chi connectivity index (χ1) is 9.01. The van der Waals surface area contributed by atoms with Gasteiger partial charge in [0.1, 0.15) is 6.42 Å². The zero-order chi connectivity index (χ0) is 13.9. The summed E-state index contributed by atoms with van der Waals surface area (Å²) in [5.74, 6) is -0.426. The van der Waals surface area contributed by atoms with Gasteiger partial charge in [0.15, 0.2) is 0 Å².